The van der Waals surface area contributed by atoms with Gasteiger partial charge in [0.05, 0.1) is 11.6 Å². The van der Waals surface area contributed by atoms with Gasteiger partial charge in [0.2, 0.25) is 0 Å². The molecule has 16 heavy (non-hydrogen) atoms. The first-order valence-electron chi connectivity index (χ1n) is 5.12. The molecule has 84 valence electrons. The van der Waals surface area contributed by atoms with Crippen molar-refractivity contribution in [1.82, 2.24) is 0 Å². The lowest BCUT2D eigenvalue weighted by atomic mass is 9.98. The highest BCUT2D eigenvalue weighted by Gasteiger charge is 2.15. The highest BCUT2D eigenvalue weighted by atomic mass is 35.5. The molecule has 1 unspecified atom stereocenters. The average Bonchev–Trinajstić information content (AvgIpc) is 2.28. The minimum atomic E-state index is -0.919. The molecule has 2 aromatic rings. The summed E-state index contributed by atoms with van der Waals surface area (Å²) in [5.41, 5.74) is 1.51. The van der Waals surface area contributed by atoms with Crippen LogP contribution in [0.1, 0.15) is 17.2 Å². The summed E-state index contributed by atoms with van der Waals surface area (Å²) in [5, 5.41) is 21.2. The number of benzene rings is 2. The second kappa shape index (κ2) is 4.42. The Morgan fingerprint density at radius 2 is 2.00 bits per heavy atom. The van der Waals surface area contributed by atoms with Gasteiger partial charge in [-0.3, -0.25) is 0 Å². The van der Waals surface area contributed by atoms with Crippen LogP contribution >= 0.6 is 11.6 Å². The molecule has 2 N–H and O–H groups in total. The SMILES string of the molecule is Cc1cc2ccccc2c(Cl)c1C(O)CO. The number of rotatable bonds is 2. The third-order valence-corrected chi connectivity index (χ3v) is 3.14. The van der Waals surface area contributed by atoms with E-state index in [1.165, 1.54) is 0 Å². The Morgan fingerprint density at radius 1 is 1.31 bits per heavy atom. The largest absolute Gasteiger partial charge is 0.393 e. The van der Waals surface area contributed by atoms with Crippen LogP contribution in [0, 0.1) is 6.92 Å². The number of fused-ring (bicyclic) bond motifs is 1. The van der Waals surface area contributed by atoms with Crippen LogP contribution in [0.4, 0.5) is 0 Å². The van der Waals surface area contributed by atoms with E-state index in [-0.39, 0.29) is 6.61 Å². The average molecular weight is 237 g/mol. The zero-order valence-corrected chi connectivity index (χ0v) is 9.70. The topological polar surface area (TPSA) is 40.5 Å². The van der Waals surface area contributed by atoms with Gasteiger partial charge in [-0.2, -0.15) is 0 Å². The first-order chi connectivity index (χ1) is 7.65. The predicted octanol–water partition coefficient (Wildman–Crippen LogP) is 2.83. The molecule has 0 heterocycles. The maximum absolute atomic E-state index is 9.72. The third kappa shape index (κ3) is 1.80. The molecule has 0 fully saturated rings. The molecule has 0 aromatic heterocycles. The molecule has 0 aliphatic heterocycles. The Bertz CT molecular complexity index is 523. The standard InChI is InChI=1S/C13H13ClO2/c1-8-6-9-4-2-3-5-10(9)13(14)12(8)11(16)7-15/h2-6,11,15-16H,7H2,1H3. The van der Waals surface area contributed by atoms with Crippen molar-refractivity contribution in [3.63, 3.8) is 0 Å². The maximum Gasteiger partial charge on any atom is 0.104 e. The van der Waals surface area contributed by atoms with Gasteiger partial charge in [0.25, 0.3) is 0 Å². The molecular weight excluding hydrogens is 224 g/mol. The summed E-state index contributed by atoms with van der Waals surface area (Å²) in [7, 11) is 0. The van der Waals surface area contributed by atoms with Crippen LogP contribution in [0.25, 0.3) is 10.8 Å². The van der Waals surface area contributed by atoms with E-state index in [1.807, 2.05) is 37.3 Å². The number of hydrogen-bond acceptors (Lipinski definition) is 2. The fraction of sp³-hybridized carbons (Fsp3) is 0.231. The van der Waals surface area contributed by atoms with Gasteiger partial charge in [-0.15, -0.1) is 0 Å². The van der Waals surface area contributed by atoms with Gasteiger partial charge < -0.3 is 10.2 Å². The van der Waals surface area contributed by atoms with E-state index in [9.17, 15) is 5.11 Å². The van der Waals surface area contributed by atoms with Crippen LogP contribution in [0.15, 0.2) is 30.3 Å². The zero-order valence-electron chi connectivity index (χ0n) is 8.94. The Balaban J connectivity index is 2.75. The highest BCUT2D eigenvalue weighted by molar-refractivity contribution is 6.36. The molecular formula is C13H13ClO2. The summed E-state index contributed by atoms with van der Waals surface area (Å²) in [6, 6.07) is 9.70. The van der Waals surface area contributed by atoms with Crippen molar-refractivity contribution in [3.05, 3.63) is 46.5 Å². The fourth-order valence-electron chi connectivity index (χ4n) is 1.95. The van der Waals surface area contributed by atoms with Crippen LogP contribution in [-0.2, 0) is 0 Å². The van der Waals surface area contributed by atoms with E-state index in [2.05, 4.69) is 0 Å². The van der Waals surface area contributed by atoms with Crippen LogP contribution in [0.2, 0.25) is 5.02 Å². The van der Waals surface area contributed by atoms with E-state index in [0.717, 1.165) is 16.3 Å². The lowest BCUT2D eigenvalue weighted by Gasteiger charge is -2.15. The second-order valence-corrected chi connectivity index (χ2v) is 4.22. The fourth-order valence-corrected chi connectivity index (χ4v) is 2.40. The van der Waals surface area contributed by atoms with Crippen LogP contribution in [0.5, 0.6) is 0 Å². The van der Waals surface area contributed by atoms with Crippen LogP contribution in [-0.4, -0.2) is 16.8 Å². The van der Waals surface area contributed by atoms with Crippen LogP contribution in [0.3, 0.4) is 0 Å². The Hall–Kier alpha value is -1.09. The van der Waals surface area contributed by atoms with Gasteiger partial charge in [-0.05, 0) is 17.9 Å². The number of aliphatic hydroxyl groups is 2. The molecule has 0 saturated carbocycles. The molecule has 2 aromatic carbocycles. The summed E-state index contributed by atoms with van der Waals surface area (Å²) in [4.78, 5) is 0. The number of aryl methyl sites for hydroxylation is 1. The predicted molar refractivity (Wildman–Crippen MR) is 65.7 cm³/mol. The molecule has 3 heteroatoms. The Morgan fingerprint density at radius 3 is 2.69 bits per heavy atom. The van der Waals surface area contributed by atoms with E-state index in [1.54, 1.807) is 0 Å². The van der Waals surface area contributed by atoms with E-state index < -0.39 is 6.10 Å². The maximum atomic E-state index is 9.72. The summed E-state index contributed by atoms with van der Waals surface area (Å²) in [6.07, 6.45) is -0.919. The normalized spacial score (nSPS) is 13.0. The van der Waals surface area contributed by atoms with E-state index >= 15 is 0 Å². The lowest BCUT2D eigenvalue weighted by Crippen LogP contribution is -2.05. The van der Waals surface area contributed by atoms with Crippen molar-refractivity contribution in [1.29, 1.82) is 0 Å². The van der Waals surface area contributed by atoms with Crippen molar-refractivity contribution >= 4 is 22.4 Å². The van der Waals surface area contributed by atoms with Crippen molar-refractivity contribution in [2.24, 2.45) is 0 Å². The number of aliphatic hydroxyl groups excluding tert-OH is 2. The van der Waals surface area contributed by atoms with Gasteiger partial charge in [0.15, 0.2) is 0 Å². The van der Waals surface area contributed by atoms with Crippen molar-refractivity contribution in [2.75, 3.05) is 6.61 Å². The van der Waals surface area contributed by atoms with Gasteiger partial charge in [0.1, 0.15) is 6.10 Å². The summed E-state index contributed by atoms with van der Waals surface area (Å²) >= 11 is 6.25. The molecule has 0 spiro atoms. The second-order valence-electron chi connectivity index (χ2n) is 3.84. The van der Waals surface area contributed by atoms with Gasteiger partial charge >= 0.3 is 0 Å². The Labute approximate surface area is 99.1 Å². The molecule has 0 bridgehead atoms. The molecule has 0 amide bonds. The summed E-state index contributed by atoms with van der Waals surface area (Å²) in [6.45, 7) is 1.56. The van der Waals surface area contributed by atoms with E-state index in [0.29, 0.717) is 10.6 Å². The molecule has 0 saturated heterocycles. The summed E-state index contributed by atoms with van der Waals surface area (Å²) < 4.78 is 0. The molecule has 1 atom stereocenters. The summed E-state index contributed by atoms with van der Waals surface area (Å²) in [5.74, 6) is 0. The highest BCUT2D eigenvalue weighted by Crippen LogP contribution is 2.33. The zero-order chi connectivity index (χ0) is 11.7. The smallest absolute Gasteiger partial charge is 0.104 e. The molecule has 2 nitrogen and oxygen atoms in total. The van der Waals surface area contributed by atoms with E-state index in [4.69, 9.17) is 16.7 Å². The molecule has 0 radical (unpaired) electrons. The van der Waals surface area contributed by atoms with Crippen molar-refractivity contribution in [3.8, 4) is 0 Å². The Kier molecular flexibility index (Phi) is 3.15. The first-order valence-corrected chi connectivity index (χ1v) is 5.49. The monoisotopic (exact) mass is 236 g/mol. The number of halogens is 1. The van der Waals surface area contributed by atoms with Crippen molar-refractivity contribution in [2.45, 2.75) is 13.0 Å². The molecule has 0 aliphatic carbocycles. The first kappa shape index (κ1) is 11.4. The van der Waals surface area contributed by atoms with Gasteiger partial charge in [0, 0.05) is 10.9 Å². The van der Waals surface area contributed by atoms with Gasteiger partial charge in [-0.1, -0.05) is 41.9 Å². The third-order valence-electron chi connectivity index (χ3n) is 2.74. The minimum Gasteiger partial charge on any atom is -0.393 e. The van der Waals surface area contributed by atoms with Crippen molar-refractivity contribution < 1.29 is 10.2 Å². The van der Waals surface area contributed by atoms with Crippen LogP contribution < -0.4 is 0 Å². The minimum absolute atomic E-state index is 0.321. The van der Waals surface area contributed by atoms with Gasteiger partial charge in [-0.25, -0.2) is 0 Å². The quantitative estimate of drug-likeness (QED) is 0.842. The lowest BCUT2D eigenvalue weighted by molar-refractivity contribution is 0.0953. The molecule has 0 aliphatic rings. The number of hydrogen-bond donors (Lipinski definition) is 2. The molecule has 2 rings (SSSR count).